The molecule has 0 spiro atoms. The van der Waals surface area contributed by atoms with Crippen molar-refractivity contribution in [2.24, 2.45) is 11.8 Å². The lowest BCUT2D eigenvalue weighted by molar-refractivity contribution is 0.117. The normalized spacial score (nSPS) is 20.0. The van der Waals surface area contributed by atoms with Crippen LogP contribution in [0.15, 0.2) is 0 Å². The number of hydrogen-bond donors (Lipinski definition) is 0. The van der Waals surface area contributed by atoms with E-state index in [4.69, 9.17) is 4.74 Å². The molecule has 15 heavy (non-hydrogen) atoms. The first-order chi connectivity index (χ1) is 7.22. The summed E-state index contributed by atoms with van der Waals surface area (Å²) >= 11 is 0. The summed E-state index contributed by atoms with van der Waals surface area (Å²) in [5, 5.41) is 0. The average Bonchev–Trinajstić information content (AvgIpc) is 2.25. The third-order valence-electron chi connectivity index (χ3n) is 3.47. The summed E-state index contributed by atoms with van der Waals surface area (Å²) in [6.45, 7) is 9.23. The van der Waals surface area contributed by atoms with Gasteiger partial charge in [-0.15, -0.1) is 0 Å². The lowest BCUT2D eigenvalue weighted by atomic mass is 9.90. The van der Waals surface area contributed by atoms with E-state index < -0.39 is 0 Å². The molecular weight excluding hydrogens is 186 g/mol. The number of nitrogens with zero attached hydrogens (tertiary/aromatic N) is 1. The SMILES string of the molecule is COCCN1CCC(CCC(C)C)CC1. The summed E-state index contributed by atoms with van der Waals surface area (Å²) in [6.07, 6.45) is 5.64. The summed E-state index contributed by atoms with van der Waals surface area (Å²) < 4.78 is 5.11. The molecule has 2 nitrogen and oxygen atoms in total. The fourth-order valence-corrected chi connectivity index (χ4v) is 2.29. The van der Waals surface area contributed by atoms with Crippen LogP contribution in [-0.2, 0) is 4.74 Å². The minimum atomic E-state index is 0.872. The van der Waals surface area contributed by atoms with Crippen LogP contribution >= 0.6 is 0 Å². The molecule has 0 aromatic rings. The summed E-state index contributed by atoms with van der Waals surface area (Å²) in [6, 6.07) is 0. The Morgan fingerprint density at radius 1 is 1.27 bits per heavy atom. The maximum atomic E-state index is 5.11. The first-order valence-electron chi connectivity index (χ1n) is 6.43. The second-order valence-electron chi connectivity index (χ2n) is 5.25. The smallest absolute Gasteiger partial charge is 0.0589 e. The Hall–Kier alpha value is -0.0800. The fourth-order valence-electron chi connectivity index (χ4n) is 2.29. The van der Waals surface area contributed by atoms with Crippen LogP contribution in [0.25, 0.3) is 0 Å². The van der Waals surface area contributed by atoms with E-state index in [1.165, 1.54) is 38.8 Å². The molecule has 1 saturated heterocycles. The number of likely N-dealkylation sites (tertiary alicyclic amines) is 1. The van der Waals surface area contributed by atoms with E-state index in [1.807, 2.05) is 0 Å². The molecular formula is C13H27NO. The Morgan fingerprint density at radius 2 is 1.93 bits per heavy atom. The largest absolute Gasteiger partial charge is 0.383 e. The number of rotatable bonds is 6. The molecule has 2 heteroatoms. The maximum absolute atomic E-state index is 5.11. The first kappa shape index (κ1) is 13.0. The van der Waals surface area contributed by atoms with Gasteiger partial charge in [0.05, 0.1) is 6.61 Å². The van der Waals surface area contributed by atoms with E-state index >= 15 is 0 Å². The van der Waals surface area contributed by atoms with Crippen LogP contribution in [0.3, 0.4) is 0 Å². The highest BCUT2D eigenvalue weighted by Gasteiger charge is 2.18. The standard InChI is InChI=1S/C13H27NO/c1-12(2)4-5-13-6-8-14(9-7-13)10-11-15-3/h12-13H,4-11H2,1-3H3. The summed E-state index contributed by atoms with van der Waals surface area (Å²) in [5.41, 5.74) is 0. The molecule has 0 unspecified atom stereocenters. The lowest BCUT2D eigenvalue weighted by Crippen LogP contribution is -2.35. The molecule has 0 bridgehead atoms. The Kier molecular flexibility index (Phi) is 6.26. The Balaban J connectivity index is 2.07. The highest BCUT2D eigenvalue weighted by Crippen LogP contribution is 2.23. The van der Waals surface area contributed by atoms with Gasteiger partial charge in [0.2, 0.25) is 0 Å². The zero-order valence-electron chi connectivity index (χ0n) is 10.7. The quantitative estimate of drug-likeness (QED) is 0.672. The minimum absolute atomic E-state index is 0.872. The van der Waals surface area contributed by atoms with Crippen molar-refractivity contribution in [3.63, 3.8) is 0 Å². The molecule has 0 aromatic carbocycles. The van der Waals surface area contributed by atoms with Crippen molar-refractivity contribution in [1.29, 1.82) is 0 Å². The predicted molar refractivity (Wildman–Crippen MR) is 65.1 cm³/mol. The van der Waals surface area contributed by atoms with Crippen molar-refractivity contribution in [2.45, 2.75) is 39.5 Å². The van der Waals surface area contributed by atoms with Gasteiger partial charge in [-0.05, 0) is 37.8 Å². The monoisotopic (exact) mass is 213 g/mol. The molecule has 1 fully saturated rings. The van der Waals surface area contributed by atoms with Crippen molar-refractivity contribution in [1.82, 2.24) is 4.90 Å². The van der Waals surface area contributed by atoms with Gasteiger partial charge in [-0.25, -0.2) is 0 Å². The second-order valence-corrected chi connectivity index (χ2v) is 5.25. The van der Waals surface area contributed by atoms with Crippen LogP contribution < -0.4 is 0 Å². The van der Waals surface area contributed by atoms with Gasteiger partial charge in [0, 0.05) is 13.7 Å². The Bertz CT molecular complexity index is 151. The van der Waals surface area contributed by atoms with Crippen molar-refractivity contribution in [2.75, 3.05) is 33.4 Å². The molecule has 1 rings (SSSR count). The fraction of sp³-hybridized carbons (Fsp3) is 1.00. The molecule has 1 heterocycles. The van der Waals surface area contributed by atoms with Crippen molar-refractivity contribution in [3.8, 4) is 0 Å². The van der Waals surface area contributed by atoms with Crippen LogP contribution in [-0.4, -0.2) is 38.3 Å². The molecule has 0 aromatic heterocycles. The second kappa shape index (κ2) is 7.24. The van der Waals surface area contributed by atoms with E-state index in [1.54, 1.807) is 7.11 Å². The molecule has 0 aliphatic carbocycles. The third-order valence-corrected chi connectivity index (χ3v) is 3.47. The number of ether oxygens (including phenoxy) is 1. The highest BCUT2D eigenvalue weighted by molar-refractivity contribution is 4.72. The van der Waals surface area contributed by atoms with Crippen LogP contribution in [0.2, 0.25) is 0 Å². The molecule has 90 valence electrons. The number of methoxy groups -OCH3 is 1. The highest BCUT2D eigenvalue weighted by atomic mass is 16.5. The summed E-state index contributed by atoms with van der Waals surface area (Å²) in [5.74, 6) is 1.86. The minimum Gasteiger partial charge on any atom is -0.383 e. The van der Waals surface area contributed by atoms with Crippen LogP contribution in [0, 0.1) is 11.8 Å². The summed E-state index contributed by atoms with van der Waals surface area (Å²) in [7, 11) is 1.79. The van der Waals surface area contributed by atoms with Gasteiger partial charge in [-0.1, -0.05) is 26.7 Å². The zero-order chi connectivity index (χ0) is 11.1. The van der Waals surface area contributed by atoms with E-state index in [2.05, 4.69) is 18.7 Å². The van der Waals surface area contributed by atoms with Gasteiger partial charge in [0.1, 0.15) is 0 Å². The van der Waals surface area contributed by atoms with Crippen LogP contribution in [0.4, 0.5) is 0 Å². The molecule has 0 saturated carbocycles. The predicted octanol–water partition coefficient (Wildman–Crippen LogP) is 2.78. The van der Waals surface area contributed by atoms with Crippen molar-refractivity contribution < 1.29 is 4.74 Å². The topological polar surface area (TPSA) is 12.5 Å². The van der Waals surface area contributed by atoms with E-state index in [-0.39, 0.29) is 0 Å². The van der Waals surface area contributed by atoms with E-state index in [0.29, 0.717) is 0 Å². The van der Waals surface area contributed by atoms with Crippen molar-refractivity contribution >= 4 is 0 Å². The van der Waals surface area contributed by atoms with Gasteiger partial charge < -0.3 is 9.64 Å². The molecule has 0 radical (unpaired) electrons. The van der Waals surface area contributed by atoms with Gasteiger partial charge >= 0.3 is 0 Å². The summed E-state index contributed by atoms with van der Waals surface area (Å²) in [4.78, 5) is 2.54. The zero-order valence-corrected chi connectivity index (χ0v) is 10.7. The third kappa shape index (κ3) is 5.53. The average molecular weight is 213 g/mol. The molecule has 1 aliphatic rings. The van der Waals surface area contributed by atoms with E-state index in [0.717, 1.165) is 25.0 Å². The maximum Gasteiger partial charge on any atom is 0.0589 e. The molecule has 1 aliphatic heterocycles. The number of hydrogen-bond acceptors (Lipinski definition) is 2. The molecule has 0 amide bonds. The first-order valence-corrected chi connectivity index (χ1v) is 6.43. The van der Waals surface area contributed by atoms with Gasteiger partial charge in [-0.3, -0.25) is 0 Å². The Morgan fingerprint density at radius 3 is 2.47 bits per heavy atom. The van der Waals surface area contributed by atoms with E-state index in [9.17, 15) is 0 Å². The molecule has 0 N–H and O–H groups in total. The van der Waals surface area contributed by atoms with Gasteiger partial charge in [-0.2, -0.15) is 0 Å². The van der Waals surface area contributed by atoms with Crippen molar-refractivity contribution in [3.05, 3.63) is 0 Å². The van der Waals surface area contributed by atoms with Gasteiger partial charge in [0.15, 0.2) is 0 Å². The lowest BCUT2D eigenvalue weighted by Gasteiger charge is -2.32. The Labute approximate surface area is 95.0 Å². The number of piperidine rings is 1. The molecule has 0 atom stereocenters. The van der Waals surface area contributed by atoms with Crippen LogP contribution in [0.1, 0.15) is 39.5 Å². The van der Waals surface area contributed by atoms with Crippen LogP contribution in [0.5, 0.6) is 0 Å². The van der Waals surface area contributed by atoms with Gasteiger partial charge in [0.25, 0.3) is 0 Å².